The van der Waals surface area contributed by atoms with Crippen LogP contribution in [-0.2, 0) is 30.0 Å². The minimum absolute atomic E-state index is 0.0184. The number of nitrogen functional groups attached to an aromatic ring is 1. The summed E-state index contributed by atoms with van der Waals surface area (Å²) in [6, 6.07) is -1.26. The second-order valence-electron chi connectivity index (χ2n) is 8.72. The fourth-order valence-corrected chi connectivity index (χ4v) is 6.95. The van der Waals surface area contributed by atoms with Gasteiger partial charge < -0.3 is 31.6 Å². The number of fused-ring (bicyclic) bond motifs is 1. The van der Waals surface area contributed by atoms with Gasteiger partial charge in [-0.2, -0.15) is 9.36 Å². The van der Waals surface area contributed by atoms with Crippen molar-refractivity contribution in [3.8, 4) is 0 Å². The van der Waals surface area contributed by atoms with E-state index in [-0.39, 0.29) is 39.9 Å². The van der Waals surface area contributed by atoms with E-state index in [0.717, 1.165) is 29.4 Å². The Morgan fingerprint density at radius 3 is 2.76 bits per heavy atom. The molecule has 4 atom stereocenters. The van der Waals surface area contributed by atoms with Crippen LogP contribution in [0.1, 0.15) is 18.7 Å². The summed E-state index contributed by atoms with van der Waals surface area (Å²) in [5.41, 5.74) is 4.99. The molecule has 0 aliphatic carbocycles. The lowest BCUT2D eigenvalue weighted by atomic mass is 10.0. The molecule has 17 heteroatoms. The number of carboxylic acid groups (broad SMARTS) is 1. The van der Waals surface area contributed by atoms with E-state index in [4.69, 9.17) is 5.73 Å². The predicted molar refractivity (Wildman–Crippen MR) is 129 cm³/mol. The summed E-state index contributed by atoms with van der Waals surface area (Å²) in [5, 5.41) is 26.4. The van der Waals surface area contributed by atoms with Gasteiger partial charge in [-0.15, -0.1) is 0 Å². The molecule has 1 unspecified atom stereocenters. The maximum atomic E-state index is 13.1. The molecule has 5 heterocycles. The van der Waals surface area contributed by atoms with E-state index in [1.54, 1.807) is 4.90 Å². The summed E-state index contributed by atoms with van der Waals surface area (Å²) in [7, 11) is -1.80. The number of β-lactam (4-membered cyclic amide) rings is 1. The third kappa shape index (κ3) is 4.27. The maximum Gasteiger partial charge on any atom is 0.352 e. The number of carboxylic acids is 1. The molecule has 15 nitrogen and oxygen atoms in total. The zero-order chi connectivity index (χ0) is 26.4. The van der Waals surface area contributed by atoms with E-state index in [9.17, 15) is 33.7 Å². The van der Waals surface area contributed by atoms with Gasteiger partial charge in [0, 0.05) is 36.2 Å². The first kappa shape index (κ1) is 25.0. The van der Waals surface area contributed by atoms with Crippen molar-refractivity contribution >= 4 is 56.9 Å². The van der Waals surface area contributed by atoms with Crippen LogP contribution in [0.4, 0.5) is 5.13 Å². The van der Waals surface area contributed by atoms with Gasteiger partial charge in [0.15, 0.2) is 5.13 Å². The highest BCUT2D eigenvalue weighted by atomic mass is 32.2. The van der Waals surface area contributed by atoms with Crippen molar-refractivity contribution in [2.45, 2.75) is 30.3 Å². The quantitative estimate of drug-likeness (QED) is 0.0824. The van der Waals surface area contributed by atoms with Crippen molar-refractivity contribution in [1.82, 2.24) is 29.8 Å². The zero-order valence-corrected chi connectivity index (χ0v) is 20.8. The van der Waals surface area contributed by atoms with Crippen LogP contribution in [0, 0.1) is 0 Å². The summed E-state index contributed by atoms with van der Waals surface area (Å²) in [6.07, 6.45) is 2.67. The van der Waals surface area contributed by atoms with Crippen LogP contribution < -0.4 is 16.4 Å². The highest BCUT2D eigenvalue weighted by molar-refractivity contribution is 7.86. The molecule has 37 heavy (non-hydrogen) atoms. The lowest BCUT2D eigenvalue weighted by Gasteiger charge is -2.48. The number of nitrogens with zero attached hydrogens (tertiary/aromatic N) is 5. The number of rotatable bonds is 6. The molecule has 4 aliphatic rings. The number of oxime groups is 1. The van der Waals surface area contributed by atoms with Crippen molar-refractivity contribution in [2.24, 2.45) is 5.16 Å². The van der Waals surface area contributed by atoms with E-state index < -0.39 is 45.7 Å². The number of hydrogen-bond acceptors (Lipinski definition) is 12. The Labute approximate surface area is 215 Å². The number of aromatic nitrogens is 2. The number of carbonyl (C=O) groups excluding carboxylic acids is 3. The van der Waals surface area contributed by atoms with Crippen molar-refractivity contribution in [3.05, 3.63) is 28.7 Å². The Morgan fingerprint density at radius 1 is 1.35 bits per heavy atom. The molecule has 0 saturated carbocycles. The predicted octanol–water partition coefficient (Wildman–Crippen LogP) is -2.43. The first-order chi connectivity index (χ1) is 17.7. The summed E-state index contributed by atoms with van der Waals surface area (Å²) in [5.74, 6) is -3.95. The average molecular weight is 551 g/mol. The van der Waals surface area contributed by atoms with Crippen LogP contribution in [0.25, 0.3) is 0 Å². The van der Waals surface area contributed by atoms with E-state index >= 15 is 0 Å². The fraction of sp³-hybridized carbons (Fsp3) is 0.450. The molecule has 3 fully saturated rings. The number of amides is 3. The van der Waals surface area contributed by atoms with Gasteiger partial charge in [-0.1, -0.05) is 5.16 Å². The molecule has 3 amide bonds. The number of carbonyl (C=O) groups is 4. The Morgan fingerprint density at radius 2 is 2.14 bits per heavy atom. The van der Waals surface area contributed by atoms with Gasteiger partial charge in [0.05, 0.1) is 16.6 Å². The molecule has 1 aromatic heterocycles. The minimum atomic E-state index is -1.80. The fourth-order valence-electron chi connectivity index (χ4n) is 4.88. The molecule has 196 valence electrons. The van der Waals surface area contributed by atoms with Crippen LogP contribution >= 0.6 is 11.5 Å². The van der Waals surface area contributed by atoms with E-state index in [0.29, 0.717) is 25.1 Å². The number of nitrogens with two attached hydrogens (primary N) is 1. The second kappa shape index (κ2) is 9.64. The molecule has 0 radical (unpaired) electrons. The molecular formula is C20H22N8O7S2. The van der Waals surface area contributed by atoms with Gasteiger partial charge >= 0.3 is 5.97 Å². The molecule has 6 N–H and O–H groups in total. The van der Waals surface area contributed by atoms with Gasteiger partial charge in [-0.25, -0.2) is 4.79 Å². The Kier molecular flexibility index (Phi) is 6.50. The van der Waals surface area contributed by atoms with Crippen molar-refractivity contribution in [3.63, 3.8) is 0 Å². The SMILES string of the molecule is Nc1nc(/C(=N/O)C(=O)N[C@@H]2C(=O)N3C(C(=O)O)=C(/C=C4\CCN([C@@H]5CCNC5)C4=O)CS(=O)[C@H]23)ns1. The van der Waals surface area contributed by atoms with E-state index in [2.05, 4.69) is 25.1 Å². The molecule has 4 aliphatic heterocycles. The number of likely N-dealkylation sites (tertiary alicyclic amines) is 1. The van der Waals surface area contributed by atoms with Gasteiger partial charge in [0.2, 0.25) is 17.4 Å². The summed E-state index contributed by atoms with van der Waals surface area (Å²) >= 11 is 0.761. The van der Waals surface area contributed by atoms with Crippen molar-refractivity contribution in [1.29, 1.82) is 0 Å². The number of aliphatic carboxylic acids is 1. The van der Waals surface area contributed by atoms with Crippen LogP contribution in [0.2, 0.25) is 0 Å². The number of allylic oxidation sites excluding steroid dienone is 1. The molecule has 0 aromatic carbocycles. The maximum absolute atomic E-state index is 13.1. The largest absolute Gasteiger partial charge is 0.477 e. The van der Waals surface area contributed by atoms with E-state index in [1.165, 1.54) is 6.08 Å². The van der Waals surface area contributed by atoms with Crippen molar-refractivity contribution in [2.75, 3.05) is 31.1 Å². The lowest BCUT2D eigenvalue weighted by molar-refractivity contribution is -0.150. The molecule has 3 saturated heterocycles. The topological polar surface area (TPSA) is 221 Å². The van der Waals surface area contributed by atoms with Crippen LogP contribution in [0.15, 0.2) is 28.1 Å². The van der Waals surface area contributed by atoms with Gasteiger partial charge in [-0.3, -0.25) is 23.5 Å². The number of hydrogen-bond donors (Lipinski definition) is 5. The first-order valence-electron chi connectivity index (χ1n) is 11.2. The molecule has 0 bridgehead atoms. The number of nitrogens with one attached hydrogen (secondary N) is 2. The van der Waals surface area contributed by atoms with Crippen LogP contribution in [0.3, 0.4) is 0 Å². The highest BCUT2D eigenvalue weighted by Crippen LogP contribution is 2.36. The monoisotopic (exact) mass is 550 g/mol. The number of anilines is 1. The normalized spacial score (nSPS) is 29.1. The van der Waals surface area contributed by atoms with E-state index in [1.807, 2.05) is 0 Å². The minimum Gasteiger partial charge on any atom is -0.477 e. The molecule has 1 aromatic rings. The Balaban J connectivity index is 1.37. The highest BCUT2D eigenvalue weighted by Gasteiger charge is 2.57. The Hall–Kier alpha value is -3.70. The third-order valence-electron chi connectivity index (χ3n) is 6.59. The Bertz CT molecular complexity index is 1320. The molecular weight excluding hydrogens is 528 g/mol. The smallest absolute Gasteiger partial charge is 0.352 e. The van der Waals surface area contributed by atoms with Crippen molar-refractivity contribution < 1.29 is 33.7 Å². The molecule has 0 spiro atoms. The van der Waals surface area contributed by atoms with Crippen LogP contribution in [0.5, 0.6) is 0 Å². The van der Waals surface area contributed by atoms with Gasteiger partial charge in [0.25, 0.3) is 11.8 Å². The summed E-state index contributed by atoms with van der Waals surface area (Å²) < 4.78 is 16.9. The summed E-state index contributed by atoms with van der Waals surface area (Å²) in [4.78, 5) is 57.0. The summed E-state index contributed by atoms with van der Waals surface area (Å²) in [6.45, 7) is 2.01. The third-order valence-corrected chi connectivity index (χ3v) is 8.75. The van der Waals surface area contributed by atoms with Gasteiger partial charge in [0.1, 0.15) is 17.1 Å². The van der Waals surface area contributed by atoms with Gasteiger partial charge in [-0.05, 0) is 31.0 Å². The standard InChI is InChI=1S/C20H22N8O7S2/c21-20-24-14(26-36-20)11(25-34)15(29)23-12-17(31)28-13(19(32)33)9(7-37(35)18(12)28)5-8-2-4-27(16(8)30)10-1-3-22-6-10/h5,10,12,18,22,34H,1-4,6-7H2,(H,23,29)(H,32,33)(H2,21,24,26)/b8-5+,25-11-/t10-,12-,18-,37?/m1/s1. The average Bonchev–Trinajstić information content (AvgIpc) is 3.60. The zero-order valence-electron chi connectivity index (χ0n) is 19.1. The first-order valence-corrected chi connectivity index (χ1v) is 13.4. The lowest BCUT2D eigenvalue weighted by Crippen LogP contribution is -2.74. The molecule has 5 rings (SSSR count). The second-order valence-corrected chi connectivity index (χ2v) is 11.0. The van der Waals surface area contributed by atoms with Crippen LogP contribution in [-0.4, -0.2) is 106 Å².